The lowest BCUT2D eigenvalue weighted by atomic mass is 9.74. The van der Waals surface area contributed by atoms with E-state index in [4.69, 9.17) is 4.74 Å². The van der Waals surface area contributed by atoms with Crippen LogP contribution in [0.5, 0.6) is 0 Å². The Labute approximate surface area is 124 Å². The van der Waals surface area contributed by atoms with Gasteiger partial charge < -0.3 is 14.7 Å². The Kier molecular flexibility index (Phi) is 5.49. The molecule has 2 aliphatic rings. The molecule has 3 nitrogen and oxygen atoms in total. The van der Waals surface area contributed by atoms with Crippen LogP contribution < -0.4 is 0 Å². The summed E-state index contributed by atoms with van der Waals surface area (Å²) >= 11 is 0. The second-order valence-corrected chi connectivity index (χ2v) is 7.64. The summed E-state index contributed by atoms with van der Waals surface area (Å²) in [5, 5.41) is 10.3. The average Bonchev–Trinajstić information content (AvgIpc) is 2.41. The van der Waals surface area contributed by atoms with Crippen molar-refractivity contribution in [2.75, 3.05) is 26.7 Å². The lowest BCUT2D eigenvalue weighted by Gasteiger charge is -2.43. The standard InChI is InChI=1S/C17H33NO2/c1-13(2)14-6-7-16(19)15(10-14)11-18-9-5-8-17(3,12-18)20-4/h13-16,19H,5-12H2,1-4H3. The third-order valence-corrected chi connectivity index (χ3v) is 5.65. The Morgan fingerprint density at radius 1 is 1.35 bits per heavy atom. The molecule has 4 unspecified atom stereocenters. The molecule has 0 radical (unpaired) electrons. The van der Waals surface area contributed by atoms with E-state index in [-0.39, 0.29) is 11.7 Å². The number of hydrogen-bond acceptors (Lipinski definition) is 3. The van der Waals surface area contributed by atoms with Gasteiger partial charge >= 0.3 is 0 Å². The van der Waals surface area contributed by atoms with Crippen molar-refractivity contribution in [2.24, 2.45) is 17.8 Å². The highest BCUT2D eigenvalue weighted by molar-refractivity contribution is 4.88. The van der Waals surface area contributed by atoms with E-state index in [0.29, 0.717) is 5.92 Å². The fourth-order valence-corrected chi connectivity index (χ4v) is 4.05. The van der Waals surface area contributed by atoms with E-state index in [9.17, 15) is 5.11 Å². The molecular weight excluding hydrogens is 250 g/mol. The van der Waals surface area contributed by atoms with Gasteiger partial charge in [0.15, 0.2) is 0 Å². The number of hydrogen-bond donors (Lipinski definition) is 1. The number of ether oxygens (including phenoxy) is 1. The topological polar surface area (TPSA) is 32.7 Å². The minimum absolute atomic E-state index is 0.00924. The third kappa shape index (κ3) is 3.96. The van der Waals surface area contributed by atoms with Crippen LogP contribution in [0.4, 0.5) is 0 Å². The second-order valence-electron chi connectivity index (χ2n) is 7.64. The monoisotopic (exact) mass is 283 g/mol. The molecule has 0 aromatic carbocycles. The van der Waals surface area contributed by atoms with Gasteiger partial charge in [-0.3, -0.25) is 0 Å². The average molecular weight is 283 g/mol. The van der Waals surface area contributed by atoms with E-state index < -0.39 is 0 Å². The molecule has 1 saturated carbocycles. The van der Waals surface area contributed by atoms with E-state index in [1.807, 2.05) is 7.11 Å². The second kappa shape index (κ2) is 6.76. The van der Waals surface area contributed by atoms with Crippen molar-refractivity contribution in [1.29, 1.82) is 0 Å². The maximum absolute atomic E-state index is 10.3. The molecule has 2 fully saturated rings. The number of aliphatic hydroxyl groups excluding tert-OH is 1. The molecule has 0 aromatic rings. The maximum atomic E-state index is 10.3. The molecule has 1 N–H and O–H groups in total. The zero-order chi connectivity index (χ0) is 14.8. The van der Waals surface area contributed by atoms with Crippen molar-refractivity contribution in [3.63, 3.8) is 0 Å². The third-order valence-electron chi connectivity index (χ3n) is 5.65. The summed E-state index contributed by atoms with van der Waals surface area (Å²) in [7, 11) is 1.83. The molecule has 1 aliphatic carbocycles. The summed E-state index contributed by atoms with van der Waals surface area (Å²) in [6.45, 7) is 10.1. The van der Waals surface area contributed by atoms with Crippen LogP contribution in [0, 0.1) is 17.8 Å². The van der Waals surface area contributed by atoms with Gasteiger partial charge in [0.05, 0.1) is 11.7 Å². The Bertz CT molecular complexity index is 307. The lowest BCUT2D eigenvalue weighted by molar-refractivity contribution is -0.0638. The van der Waals surface area contributed by atoms with Gasteiger partial charge in [0.1, 0.15) is 0 Å². The van der Waals surface area contributed by atoms with Gasteiger partial charge in [-0.15, -0.1) is 0 Å². The van der Waals surface area contributed by atoms with Crippen molar-refractivity contribution in [2.45, 2.75) is 64.6 Å². The highest BCUT2D eigenvalue weighted by atomic mass is 16.5. The summed E-state index contributed by atoms with van der Waals surface area (Å²) in [4.78, 5) is 2.52. The first-order valence-electron chi connectivity index (χ1n) is 8.39. The molecule has 0 bridgehead atoms. The van der Waals surface area contributed by atoms with Gasteiger partial charge in [-0.2, -0.15) is 0 Å². The van der Waals surface area contributed by atoms with Crippen molar-refractivity contribution in [1.82, 2.24) is 4.90 Å². The summed E-state index contributed by atoms with van der Waals surface area (Å²) in [6, 6.07) is 0. The van der Waals surface area contributed by atoms with Crippen molar-refractivity contribution in [3.05, 3.63) is 0 Å². The quantitative estimate of drug-likeness (QED) is 0.861. The Hall–Kier alpha value is -0.120. The SMILES string of the molecule is COC1(C)CCCN(CC2CC(C(C)C)CCC2O)C1. The fraction of sp³-hybridized carbons (Fsp3) is 1.00. The molecular formula is C17H33NO2. The van der Waals surface area contributed by atoms with Gasteiger partial charge in [-0.1, -0.05) is 13.8 Å². The number of likely N-dealkylation sites (tertiary alicyclic amines) is 1. The predicted molar refractivity (Wildman–Crippen MR) is 82.8 cm³/mol. The number of rotatable bonds is 4. The fourth-order valence-electron chi connectivity index (χ4n) is 4.05. The van der Waals surface area contributed by atoms with Crippen molar-refractivity contribution < 1.29 is 9.84 Å². The summed E-state index contributed by atoms with van der Waals surface area (Å²) in [6.07, 6.45) is 5.65. The van der Waals surface area contributed by atoms with Crippen LogP contribution in [0.25, 0.3) is 0 Å². The van der Waals surface area contributed by atoms with E-state index in [2.05, 4.69) is 25.7 Å². The molecule has 1 saturated heterocycles. The molecule has 1 heterocycles. The molecule has 1 aliphatic heterocycles. The summed E-state index contributed by atoms with van der Waals surface area (Å²) < 4.78 is 5.68. The van der Waals surface area contributed by atoms with E-state index in [0.717, 1.165) is 44.3 Å². The van der Waals surface area contributed by atoms with Crippen LogP contribution in [-0.2, 0) is 4.74 Å². The summed E-state index contributed by atoms with van der Waals surface area (Å²) in [5.41, 5.74) is 0.00924. The predicted octanol–water partition coefficient (Wildman–Crippen LogP) is 2.92. The minimum Gasteiger partial charge on any atom is -0.393 e. The molecule has 4 atom stereocenters. The van der Waals surface area contributed by atoms with Crippen LogP contribution >= 0.6 is 0 Å². The smallest absolute Gasteiger partial charge is 0.0777 e. The molecule has 0 aromatic heterocycles. The van der Waals surface area contributed by atoms with Crippen LogP contribution in [-0.4, -0.2) is 48.5 Å². The first kappa shape index (κ1) is 16.3. The molecule has 3 heteroatoms. The highest BCUT2D eigenvalue weighted by Gasteiger charge is 2.35. The van der Waals surface area contributed by atoms with Crippen molar-refractivity contribution >= 4 is 0 Å². The van der Waals surface area contributed by atoms with Crippen LogP contribution in [0.3, 0.4) is 0 Å². The van der Waals surface area contributed by atoms with E-state index in [1.165, 1.54) is 19.3 Å². The zero-order valence-electron chi connectivity index (χ0n) is 13.8. The Balaban J connectivity index is 1.90. The molecule has 0 spiro atoms. The lowest BCUT2D eigenvalue weighted by Crippen LogP contribution is -2.50. The highest BCUT2D eigenvalue weighted by Crippen LogP contribution is 2.35. The number of methoxy groups -OCH3 is 1. The van der Waals surface area contributed by atoms with Gasteiger partial charge in [0.2, 0.25) is 0 Å². The van der Waals surface area contributed by atoms with Gasteiger partial charge in [0.25, 0.3) is 0 Å². The minimum atomic E-state index is -0.0965. The Morgan fingerprint density at radius 3 is 2.75 bits per heavy atom. The molecule has 2 rings (SSSR count). The maximum Gasteiger partial charge on any atom is 0.0777 e. The first-order chi connectivity index (χ1) is 9.43. The number of aliphatic hydroxyl groups is 1. The number of piperidine rings is 1. The van der Waals surface area contributed by atoms with Gasteiger partial charge in [-0.05, 0) is 63.3 Å². The van der Waals surface area contributed by atoms with Gasteiger partial charge in [0, 0.05) is 20.2 Å². The zero-order valence-corrected chi connectivity index (χ0v) is 13.8. The van der Waals surface area contributed by atoms with Crippen LogP contribution in [0.15, 0.2) is 0 Å². The largest absolute Gasteiger partial charge is 0.393 e. The van der Waals surface area contributed by atoms with Crippen LogP contribution in [0.2, 0.25) is 0 Å². The van der Waals surface area contributed by atoms with E-state index >= 15 is 0 Å². The Morgan fingerprint density at radius 2 is 2.10 bits per heavy atom. The number of nitrogens with zero attached hydrogens (tertiary/aromatic N) is 1. The van der Waals surface area contributed by atoms with Crippen molar-refractivity contribution in [3.8, 4) is 0 Å². The molecule has 0 amide bonds. The molecule has 20 heavy (non-hydrogen) atoms. The van der Waals surface area contributed by atoms with E-state index in [1.54, 1.807) is 0 Å². The normalized spacial score (nSPS) is 40.2. The summed E-state index contributed by atoms with van der Waals surface area (Å²) in [5.74, 6) is 1.99. The molecule has 118 valence electrons. The first-order valence-corrected chi connectivity index (χ1v) is 8.39. The van der Waals surface area contributed by atoms with Gasteiger partial charge in [-0.25, -0.2) is 0 Å². The van der Waals surface area contributed by atoms with Crippen LogP contribution in [0.1, 0.15) is 52.9 Å².